The second kappa shape index (κ2) is 7.75. The number of nitrogens with zero attached hydrogens (tertiary/aromatic N) is 4. The Balaban J connectivity index is 1.42. The van der Waals surface area contributed by atoms with E-state index in [9.17, 15) is 9.18 Å². The molecule has 1 amide bonds. The van der Waals surface area contributed by atoms with Crippen molar-refractivity contribution in [3.05, 3.63) is 70.8 Å². The number of fused-ring (bicyclic) bond motifs is 2. The van der Waals surface area contributed by atoms with Crippen molar-refractivity contribution in [1.29, 1.82) is 0 Å². The molecule has 1 saturated heterocycles. The van der Waals surface area contributed by atoms with E-state index in [0.29, 0.717) is 18.0 Å². The molecule has 2 aromatic heterocycles. The van der Waals surface area contributed by atoms with Crippen molar-refractivity contribution in [2.24, 2.45) is 5.92 Å². The van der Waals surface area contributed by atoms with Crippen molar-refractivity contribution in [3.63, 3.8) is 0 Å². The lowest BCUT2D eigenvalue weighted by Crippen LogP contribution is -2.47. The third-order valence-electron chi connectivity index (χ3n) is 5.84. The first-order valence-corrected chi connectivity index (χ1v) is 10.6. The fraction of sp³-hybridized carbons (Fsp3) is 0.273. The van der Waals surface area contributed by atoms with Gasteiger partial charge in [-0.05, 0) is 65.0 Å². The highest BCUT2D eigenvalue weighted by atomic mass is 79.9. The lowest BCUT2D eigenvalue weighted by atomic mass is 10.0. The summed E-state index contributed by atoms with van der Waals surface area (Å²) in [5.41, 5.74) is 0.458. The van der Waals surface area contributed by atoms with E-state index in [1.165, 1.54) is 6.07 Å². The van der Waals surface area contributed by atoms with Crippen LogP contribution < -0.4 is 5.32 Å². The van der Waals surface area contributed by atoms with Crippen LogP contribution in [0.1, 0.15) is 23.2 Å². The lowest BCUT2D eigenvalue weighted by Gasteiger charge is -2.34. The molecule has 1 saturated carbocycles. The predicted molar refractivity (Wildman–Crippen MR) is 114 cm³/mol. The van der Waals surface area contributed by atoms with Gasteiger partial charge in [-0.15, -0.1) is 0 Å². The van der Waals surface area contributed by atoms with Gasteiger partial charge in [0.25, 0.3) is 5.91 Å². The number of carbonyl (C=O) groups is 1. The number of carbonyl (C=O) groups excluding carboxylic acids is 1. The number of hydrogen-bond donors (Lipinski definition) is 1. The fourth-order valence-electron chi connectivity index (χ4n) is 4.58. The molecule has 5 rings (SSSR count). The number of rotatable bonds is 4. The van der Waals surface area contributed by atoms with Gasteiger partial charge in [0.1, 0.15) is 11.6 Å². The van der Waals surface area contributed by atoms with E-state index in [1.54, 1.807) is 36.8 Å². The van der Waals surface area contributed by atoms with Crippen LogP contribution in [0.15, 0.2) is 59.5 Å². The Kier molecular flexibility index (Phi) is 4.94. The van der Waals surface area contributed by atoms with E-state index in [1.807, 2.05) is 17.0 Å². The van der Waals surface area contributed by atoms with Gasteiger partial charge in [0.2, 0.25) is 0 Å². The van der Waals surface area contributed by atoms with Gasteiger partial charge in [-0.1, -0.05) is 6.07 Å². The summed E-state index contributed by atoms with van der Waals surface area (Å²) in [6.07, 6.45) is 6.77. The van der Waals surface area contributed by atoms with Crippen LogP contribution in [0.4, 0.5) is 10.2 Å². The van der Waals surface area contributed by atoms with Crippen LogP contribution in [0, 0.1) is 11.7 Å². The molecule has 2 fully saturated rings. The molecular formula is C22H19BrFN5O. The van der Waals surface area contributed by atoms with Crippen molar-refractivity contribution < 1.29 is 9.18 Å². The first kappa shape index (κ1) is 19.1. The normalized spacial score (nSPS) is 22.3. The minimum Gasteiger partial charge on any atom is -0.365 e. The first-order chi connectivity index (χ1) is 14.6. The molecule has 30 heavy (non-hydrogen) atoms. The molecule has 6 nitrogen and oxygen atoms in total. The summed E-state index contributed by atoms with van der Waals surface area (Å²) in [5.74, 6) is 0.756. The van der Waals surface area contributed by atoms with Crippen LogP contribution >= 0.6 is 15.9 Å². The van der Waals surface area contributed by atoms with E-state index in [-0.39, 0.29) is 29.4 Å². The zero-order chi connectivity index (χ0) is 20.7. The Hall–Kier alpha value is -2.87. The maximum absolute atomic E-state index is 14.7. The van der Waals surface area contributed by atoms with Crippen molar-refractivity contribution in [1.82, 2.24) is 19.9 Å². The molecular weight excluding hydrogens is 449 g/mol. The number of pyridine rings is 1. The second-order valence-electron chi connectivity index (χ2n) is 7.71. The Morgan fingerprint density at radius 3 is 2.67 bits per heavy atom. The number of piperidine rings is 1. The number of anilines is 1. The summed E-state index contributed by atoms with van der Waals surface area (Å²) in [7, 11) is 0. The number of aromatic nitrogens is 3. The van der Waals surface area contributed by atoms with Crippen molar-refractivity contribution >= 4 is 27.7 Å². The molecule has 0 unspecified atom stereocenters. The van der Waals surface area contributed by atoms with E-state index in [4.69, 9.17) is 0 Å². The van der Waals surface area contributed by atoms with Gasteiger partial charge in [-0.25, -0.2) is 19.3 Å². The topological polar surface area (TPSA) is 71.0 Å². The van der Waals surface area contributed by atoms with Crippen molar-refractivity contribution in [2.45, 2.75) is 24.9 Å². The minimum absolute atomic E-state index is 0.0424. The van der Waals surface area contributed by atoms with Crippen LogP contribution in [-0.4, -0.2) is 44.4 Å². The van der Waals surface area contributed by atoms with E-state index < -0.39 is 5.82 Å². The van der Waals surface area contributed by atoms with Crippen LogP contribution in [0.2, 0.25) is 0 Å². The average Bonchev–Trinajstić information content (AvgIpc) is 3.36. The van der Waals surface area contributed by atoms with Crippen LogP contribution in [0.3, 0.4) is 0 Å². The van der Waals surface area contributed by atoms with Gasteiger partial charge < -0.3 is 10.2 Å². The number of likely N-dealkylation sites (tertiary alicyclic amines) is 1. The molecule has 0 radical (unpaired) electrons. The highest BCUT2D eigenvalue weighted by Crippen LogP contribution is 2.40. The number of benzene rings is 1. The molecule has 152 valence electrons. The summed E-state index contributed by atoms with van der Waals surface area (Å²) in [5, 5.41) is 3.47. The molecule has 2 aliphatic rings. The van der Waals surface area contributed by atoms with Gasteiger partial charge in [0.05, 0.1) is 17.2 Å². The third-order valence-corrected chi connectivity index (χ3v) is 6.31. The summed E-state index contributed by atoms with van der Waals surface area (Å²) in [6.45, 7) is 0.682. The molecule has 2 bridgehead atoms. The van der Waals surface area contributed by atoms with Gasteiger partial charge >= 0.3 is 0 Å². The molecule has 3 aromatic rings. The largest absolute Gasteiger partial charge is 0.365 e. The Morgan fingerprint density at radius 1 is 1.10 bits per heavy atom. The number of nitrogens with one attached hydrogen (secondary N) is 1. The highest BCUT2D eigenvalue weighted by molar-refractivity contribution is 9.10. The van der Waals surface area contributed by atoms with Crippen LogP contribution in [0.25, 0.3) is 11.4 Å². The number of hydrogen-bond acceptors (Lipinski definition) is 5. The Morgan fingerprint density at radius 2 is 1.93 bits per heavy atom. The average molecular weight is 468 g/mol. The monoisotopic (exact) mass is 467 g/mol. The van der Waals surface area contributed by atoms with E-state index in [0.717, 1.165) is 23.1 Å². The maximum Gasteiger partial charge on any atom is 0.255 e. The minimum atomic E-state index is -0.495. The zero-order valence-electron chi connectivity index (χ0n) is 16.0. The van der Waals surface area contributed by atoms with Gasteiger partial charge in [0.15, 0.2) is 5.82 Å². The van der Waals surface area contributed by atoms with E-state index in [2.05, 4.69) is 36.2 Å². The molecule has 1 N–H and O–H groups in total. The second-order valence-corrected chi connectivity index (χ2v) is 8.63. The maximum atomic E-state index is 14.7. The number of amides is 1. The fourth-order valence-corrected chi connectivity index (χ4v) is 4.81. The predicted octanol–water partition coefficient (Wildman–Crippen LogP) is 4.16. The quantitative estimate of drug-likeness (QED) is 0.623. The first-order valence-electron chi connectivity index (χ1n) is 9.85. The molecule has 1 aliphatic heterocycles. The third kappa shape index (κ3) is 3.45. The summed E-state index contributed by atoms with van der Waals surface area (Å²) < 4.78 is 15.6. The Bertz CT molecular complexity index is 1080. The standard InChI is InChI=1S/C22H19BrFN5O/c23-14-5-6-19(27-11-14)28-17-9-13-10-18(17)29(12-13)22(30)15-3-1-4-16(24)20(15)21-25-7-2-8-26-21/h1-8,11,13,17-18H,9-10,12H2,(H,27,28)/t13-,17+,18-/m0/s1. The van der Waals surface area contributed by atoms with Gasteiger partial charge in [0, 0.05) is 35.6 Å². The Labute approximate surface area is 181 Å². The smallest absolute Gasteiger partial charge is 0.255 e. The van der Waals surface area contributed by atoms with Gasteiger partial charge in [-0.3, -0.25) is 4.79 Å². The SMILES string of the molecule is O=C(c1cccc(F)c1-c1ncccn1)N1C[C@H]2C[C@@H](Nc3ccc(Br)cn3)[C@@H]1C2. The molecule has 8 heteroatoms. The van der Waals surface area contributed by atoms with Gasteiger partial charge in [-0.2, -0.15) is 0 Å². The molecule has 3 atom stereocenters. The number of halogens is 2. The zero-order valence-corrected chi connectivity index (χ0v) is 17.6. The van der Waals surface area contributed by atoms with E-state index >= 15 is 0 Å². The highest BCUT2D eigenvalue weighted by Gasteiger charge is 2.47. The van der Waals surface area contributed by atoms with Crippen molar-refractivity contribution in [3.8, 4) is 11.4 Å². The molecule has 1 aliphatic carbocycles. The lowest BCUT2D eigenvalue weighted by molar-refractivity contribution is 0.0692. The van der Waals surface area contributed by atoms with Crippen molar-refractivity contribution in [2.75, 3.05) is 11.9 Å². The summed E-state index contributed by atoms with van der Waals surface area (Å²) in [6, 6.07) is 10.2. The molecule has 1 aromatic carbocycles. The molecule has 0 spiro atoms. The van der Waals surface area contributed by atoms with Crippen LogP contribution in [0.5, 0.6) is 0 Å². The summed E-state index contributed by atoms with van der Waals surface area (Å²) >= 11 is 3.39. The summed E-state index contributed by atoms with van der Waals surface area (Å²) in [4.78, 5) is 28.1. The van der Waals surface area contributed by atoms with Crippen LogP contribution in [-0.2, 0) is 0 Å². The molecule has 3 heterocycles.